The van der Waals surface area contributed by atoms with Crippen LogP contribution in [0, 0.1) is 12.7 Å². The van der Waals surface area contributed by atoms with E-state index in [2.05, 4.69) is 20.9 Å². The Kier molecular flexibility index (Phi) is 9.43. The summed E-state index contributed by atoms with van der Waals surface area (Å²) in [4.78, 5) is 16.0. The van der Waals surface area contributed by atoms with Crippen molar-refractivity contribution in [3.63, 3.8) is 0 Å². The first-order valence-electron chi connectivity index (χ1n) is 8.48. The quantitative estimate of drug-likeness (QED) is 0.302. The van der Waals surface area contributed by atoms with Crippen LogP contribution < -0.4 is 16.0 Å². The first-order valence-corrected chi connectivity index (χ1v) is 10.3. The van der Waals surface area contributed by atoms with Crippen LogP contribution >= 0.6 is 24.0 Å². The smallest absolute Gasteiger partial charge is 0.222 e. The Balaban J connectivity index is 0.00000364. The average Bonchev–Trinajstić information content (AvgIpc) is 2.92. The Labute approximate surface area is 176 Å². The van der Waals surface area contributed by atoms with Gasteiger partial charge in [-0.1, -0.05) is 12.1 Å². The molecule has 0 saturated carbocycles. The van der Waals surface area contributed by atoms with Crippen LogP contribution in [0.25, 0.3) is 0 Å². The topological polar surface area (TPSA) is 99.7 Å². The zero-order chi connectivity index (χ0) is 19.2. The maximum Gasteiger partial charge on any atom is 0.222 e. The summed E-state index contributed by atoms with van der Waals surface area (Å²) in [7, 11) is -1.38. The first-order chi connectivity index (χ1) is 12.3. The fourth-order valence-corrected chi connectivity index (χ4v) is 4.40. The number of hydrogen-bond acceptors (Lipinski definition) is 4. The summed E-state index contributed by atoms with van der Waals surface area (Å²) in [6.45, 7) is 2.56. The summed E-state index contributed by atoms with van der Waals surface area (Å²) < 4.78 is 36.0. The monoisotopic (exact) mass is 512 g/mol. The second kappa shape index (κ2) is 10.8. The molecule has 152 valence electrons. The average molecular weight is 512 g/mol. The van der Waals surface area contributed by atoms with E-state index in [1.54, 1.807) is 26.1 Å². The number of rotatable bonds is 6. The van der Waals surface area contributed by atoms with Crippen molar-refractivity contribution >= 4 is 45.7 Å². The molecule has 1 aliphatic heterocycles. The molecule has 1 aromatic carbocycles. The van der Waals surface area contributed by atoms with Crippen molar-refractivity contribution < 1.29 is 17.6 Å². The van der Waals surface area contributed by atoms with E-state index in [1.165, 1.54) is 6.07 Å². The summed E-state index contributed by atoms with van der Waals surface area (Å²) in [6.07, 6.45) is 0.689. The van der Waals surface area contributed by atoms with Crippen molar-refractivity contribution in [3.05, 3.63) is 35.1 Å². The third-order valence-electron chi connectivity index (χ3n) is 4.15. The summed E-state index contributed by atoms with van der Waals surface area (Å²) >= 11 is 0. The number of carbonyl (C=O) groups excluding carboxylic acids is 1. The van der Waals surface area contributed by atoms with E-state index in [4.69, 9.17) is 0 Å². The van der Waals surface area contributed by atoms with Crippen molar-refractivity contribution in [1.29, 1.82) is 0 Å². The van der Waals surface area contributed by atoms with Gasteiger partial charge >= 0.3 is 0 Å². The molecule has 10 heteroatoms. The molecule has 27 heavy (non-hydrogen) atoms. The van der Waals surface area contributed by atoms with Crippen LogP contribution in [0.2, 0.25) is 0 Å². The second-order valence-electron chi connectivity index (χ2n) is 6.35. The van der Waals surface area contributed by atoms with Crippen LogP contribution in [0.4, 0.5) is 4.39 Å². The van der Waals surface area contributed by atoms with E-state index in [-0.39, 0.29) is 59.7 Å². The molecule has 1 unspecified atom stereocenters. The normalized spacial score (nSPS) is 18.5. The molecule has 1 heterocycles. The van der Waals surface area contributed by atoms with Gasteiger partial charge in [0.25, 0.3) is 0 Å². The number of nitrogens with zero attached hydrogens (tertiary/aromatic N) is 1. The number of aliphatic imine (C=N–C) groups is 1. The van der Waals surface area contributed by atoms with Crippen molar-refractivity contribution in [2.24, 2.45) is 4.99 Å². The van der Waals surface area contributed by atoms with Crippen molar-refractivity contribution in [2.75, 3.05) is 25.1 Å². The molecule has 1 saturated heterocycles. The molecule has 1 amide bonds. The molecule has 0 spiro atoms. The number of guanidine groups is 1. The van der Waals surface area contributed by atoms with Gasteiger partial charge in [0, 0.05) is 32.6 Å². The van der Waals surface area contributed by atoms with Crippen LogP contribution in [0.5, 0.6) is 0 Å². The SMILES string of the molecule is CN=C(NCCC(=O)NC1CCS(=O)(=O)C1)NCc1ccc(F)c(C)c1.I. The number of hydrogen-bond donors (Lipinski definition) is 3. The minimum atomic E-state index is -3.00. The van der Waals surface area contributed by atoms with Gasteiger partial charge in [0.2, 0.25) is 5.91 Å². The van der Waals surface area contributed by atoms with E-state index < -0.39 is 9.84 Å². The number of carbonyl (C=O) groups is 1. The highest BCUT2D eigenvalue weighted by atomic mass is 127. The van der Waals surface area contributed by atoms with Crippen LogP contribution in [0.15, 0.2) is 23.2 Å². The van der Waals surface area contributed by atoms with Crippen molar-refractivity contribution in [1.82, 2.24) is 16.0 Å². The van der Waals surface area contributed by atoms with Crippen LogP contribution in [-0.2, 0) is 21.2 Å². The van der Waals surface area contributed by atoms with Crippen molar-refractivity contribution in [3.8, 4) is 0 Å². The summed E-state index contributed by atoms with van der Waals surface area (Å²) in [5.74, 6) is 0.256. The molecule has 1 aliphatic rings. The number of halogens is 2. The predicted molar refractivity (Wildman–Crippen MR) is 115 cm³/mol. The van der Waals surface area contributed by atoms with E-state index >= 15 is 0 Å². The Morgan fingerprint density at radius 2 is 2.07 bits per heavy atom. The summed E-state index contributed by atoms with van der Waals surface area (Å²) in [6, 6.07) is 4.60. The highest BCUT2D eigenvalue weighted by molar-refractivity contribution is 14.0. The van der Waals surface area contributed by atoms with Gasteiger partial charge in [0.05, 0.1) is 11.5 Å². The van der Waals surface area contributed by atoms with E-state index in [0.717, 1.165) is 5.56 Å². The van der Waals surface area contributed by atoms with Crippen LogP contribution in [-0.4, -0.2) is 51.4 Å². The standard InChI is InChI=1S/C17H25FN4O3S.HI/c1-12-9-13(3-4-15(12)18)10-21-17(19-2)20-7-5-16(23)22-14-6-8-26(24,25)11-14;/h3-4,9,14H,5-8,10-11H2,1-2H3,(H,22,23)(H2,19,20,21);1H. The number of benzene rings is 1. The molecule has 1 fully saturated rings. The Hall–Kier alpha value is -1.43. The maximum atomic E-state index is 13.3. The number of nitrogens with one attached hydrogen (secondary N) is 3. The summed E-state index contributed by atoms with van der Waals surface area (Å²) in [5, 5.41) is 8.86. The van der Waals surface area contributed by atoms with Gasteiger partial charge in [-0.15, -0.1) is 24.0 Å². The maximum absolute atomic E-state index is 13.3. The van der Waals surface area contributed by atoms with Gasteiger partial charge in [0.15, 0.2) is 15.8 Å². The Morgan fingerprint density at radius 3 is 2.67 bits per heavy atom. The highest BCUT2D eigenvalue weighted by Gasteiger charge is 2.28. The number of sulfone groups is 1. The lowest BCUT2D eigenvalue weighted by molar-refractivity contribution is -0.121. The van der Waals surface area contributed by atoms with Gasteiger partial charge in [-0.3, -0.25) is 9.79 Å². The minimum absolute atomic E-state index is 0. The van der Waals surface area contributed by atoms with Gasteiger partial charge in [-0.25, -0.2) is 12.8 Å². The lowest BCUT2D eigenvalue weighted by Gasteiger charge is -2.14. The molecular formula is C17H26FIN4O3S. The fourth-order valence-electron chi connectivity index (χ4n) is 2.73. The molecule has 1 aromatic rings. The molecule has 3 N–H and O–H groups in total. The molecule has 7 nitrogen and oxygen atoms in total. The molecule has 0 radical (unpaired) electrons. The third-order valence-corrected chi connectivity index (χ3v) is 5.92. The Bertz CT molecular complexity index is 786. The summed E-state index contributed by atoms with van der Waals surface area (Å²) in [5.41, 5.74) is 1.50. The minimum Gasteiger partial charge on any atom is -0.356 e. The zero-order valence-electron chi connectivity index (χ0n) is 15.4. The predicted octanol–water partition coefficient (Wildman–Crippen LogP) is 1.11. The lowest BCUT2D eigenvalue weighted by atomic mass is 10.1. The van der Waals surface area contributed by atoms with Gasteiger partial charge in [-0.2, -0.15) is 0 Å². The molecule has 1 atom stereocenters. The molecular weight excluding hydrogens is 486 g/mol. The van der Waals surface area contributed by atoms with Gasteiger partial charge < -0.3 is 16.0 Å². The third kappa shape index (κ3) is 7.99. The molecule has 0 aromatic heterocycles. The van der Waals surface area contributed by atoms with Crippen LogP contribution in [0.3, 0.4) is 0 Å². The van der Waals surface area contributed by atoms with E-state index in [1.807, 2.05) is 0 Å². The van der Waals surface area contributed by atoms with Crippen molar-refractivity contribution in [2.45, 2.75) is 32.4 Å². The molecule has 0 bridgehead atoms. The highest BCUT2D eigenvalue weighted by Crippen LogP contribution is 2.11. The largest absolute Gasteiger partial charge is 0.356 e. The van der Waals surface area contributed by atoms with E-state index in [9.17, 15) is 17.6 Å². The molecule has 2 rings (SSSR count). The zero-order valence-corrected chi connectivity index (χ0v) is 18.6. The lowest BCUT2D eigenvalue weighted by Crippen LogP contribution is -2.40. The Morgan fingerprint density at radius 1 is 1.33 bits per heavy atom. The number of amides is 1. The van der Waals surface area contributed by atoms with Gasteiger partial charge in [0.1, 0.15) is 5.82 Å². The van der Waals surface area contributed by atoms with E-state index in [0.29, 0.717) is 31.0 Å². The number of aryl methyl sites for hydroxylation is 1. The van der Waals surface area contributed by atoms with Gasteiger partial charge in [-0.05, 0) is 30.5 Å². The molecule has 0 aliphatic carbocycles. The fraction of sp³-hybridized carbons (Fsp3) is 0.529. The second-order valence-corrected chi connectivity index (χ2v) is 8.58. The first kappa shape index (κ1) is 23.6. The van der Waals surface area contributed by atoms with Crippen LogP contribution in [0.1, 0.15) is 24.0 Å².